The van der Waals surface area contributed by atoms with Gasteiger partial charge in [-0.05, 0) is 36.8 Å². The topological polar surface area (TPSA) is 76.4 Å². The van der Waals surface area contributed by atoms with Gasteiger partial charge in [0.25, 0.3) is 5.91 Å². The Bertz CT molecular complexity index is 941. The lowest BCUT2D eigenvalue weighted by atomic mass is 10.1. The van der Waals surface area contributed by atoms with Gasteiger partial charge in [0.1, 0.15) is 11.5 Å². The number of hydrogen-bond acceptors (Lipinski definition) is 4. The summed E-state index contributed by atoms with van der Waals surface area (Å²) in [5.74, 6) is 0.879. The standard InChI is InChI=1S/C20H20ClN3O3/c1-13-18(21)19(23-24(13)2)20(26)22-12-17(25)14-7-6-10-16(11-14)27-15-8-4-3-5-9-15/h3-11,17,25H,12H2,1-2H3,(H,22,26). The second kappa shape index (κ2) is 8.24. The molecule has 0 saturated heterocycles. The minimum Gasteiger partial charge on any atom is -0.457 e. The Balaban J connectivity index is 1.64. The number of hydrogen-bond donors (Lipinski definition) is 2. The van der Waals surface area contributed by atoms with E-state index in [-0.39, 0.29) is 12.2 Å². The largest absolute Gasteiger partial charge is 0.457 e. The van der Waals surface area contributed by atoms with Crippen LogP contribution in [0.25, 0.3) is 0 Å². The first-order chi connectivity index (χ1) is 13.0. The molecule has 1 unspecified atom stereocenters. The molecule has 1 heterocycles. The average Bonchev–Trinajstić information content (AvgIpc) is 2.94. The number of nitrogens with one attached hydrogen (secondary N) is 1. The van der Waals surface area contributed by atoms with Crippen molar-refractivity contribution < 1.29 is 14.6 Å². The summed E-state index contributed by atoms with van der Waals surface area (Å²) in [6.07, 6.45) is -0.892. The van der Waals surface area contributed by atoms with Gasteiger partial charge in [0, 0.05) is 13.6 Å². The van der Waals surface area contributed by atoms with E-state index >= 15 is 0 Å². The van der Waals surface area contributed by atoms with Gasteiger partial charge in [-0.3, -0.25) is 9.48 Å². The summed E-state index contributed by atoms with van der Waals surface area (Å²) < 4.78 is 7.31. The fraction of sp³-hybridized carbons (Fsp3) is 0.200. The van der Waals surface area contributed by atoms with Crippen molar-refractivity contribution in [3.63, 3.8) is 0 Å². The predicted molar refractivity (Wildman–Crippen MR) is 103 cm³/mol. The maximum absolute atomic E-state index is 12.3. The molecule has 0 aliphatic rings. The van der Waals surface area contributed by atoms with Gasteiger partial charge in [-0.1, -0.05) is 41.9 Å². The minimum atomic E-state index is -0.892. The van der Waals surface area contributed by atoms with E-state index in [1.165, 1.54) is 4.68 Å². The maximum Gasteiger partial charge on any atom is 0.273 e. The van der Waals surface area contributed by atoms with Crippen molar-refractivity contribution in [3.8, 4) is 11.5 Å². The van der Waals surface area contributed by atoms with Crippen LogP contribution in [0.5, 0.6) is 11.5 Å². The van der Waals surface area contributed by atoms with Gasteiger partial charge in [-0.25, -0.2) is 0 Å². The summed E-state index contributed by atoms with van der Waals surface area (Å²) in [5.41, 5.74) is 1.48. The van der Waals surface area contributed by atoms with E-state index in [0.717, 1.165) is 0 Å². The number of nitrogens with zero attached hydrogens (tertiary/aromatic N) is 2. The quantitative estimate of drug-likeness (QED) is 0.679. The van der Waals surface area contributed by atoms with Crippen molar-refractivity contribution in [2.24, 2.45) is 7.05 Å². The molecule has 0 fully saturated rings. The number of carbonyl (C=O) groups is 1. The Labute approximate surface area is 162 Å². The van der Waals surface area contributed by atoms with Gasteiger partial charge >= 0.3 is 0 Å². The summed E-state index contributed by atoms with van der Waals surface area (Å²) in [6, 6.07) is 16.5. The lowest BCUT2D eigenvalue weighted by molar-refractivity contribution is 0.0911. The molecule has 7 heteroatoms. The third kappa shape index (κ3) is 4.48. The smallest absolute Gasteiger partial charge is 0.273 e. The molecule has 0 aliphatic heterocycles. The third-order valence-corrected chi connectivity index (χ3v) is 4.61. The first kappa shape index (κ1) is 18.9. The van der Waals surface area contributed by atoms with E-state index in [1.807, 2.05) is 30.3 Å². The molecule has 1 amide bonds. The molecule has 140 valence electrons. The van der Waals surface area contributed by atoms with E-state index in [9.17, 15) is 9.90 Å². The van der Waals surface area contributed by atoms with E-state index in [4.69, 9.17) is 16.3 Å². The Kier molecular flexibility index (Phi) is 5.78. The number of aliphatic hydroxyl groups is 1. The van der Waals surface area contributed by atoms with Crippen LogP contribution in [-0.2, 0) is 7.05 Å². The van der Waals surface area contributed by atoms with E-state index in [0.29, 0.717) is 27.8 Å². The van der Waals surface area contributed by atoms with Crippen molar-refractivity contribution in [2.45, 2.75) is 13.0 Å². The molecule has 3 aromatic rings. The summed E-state index contributed by atoms with van der Waals surface area (Å²) in [4.78, 5) is 12.3. The first-order valence-corrected chi connectivity index (χ1v) is 8.81. The highest BCUT2D eigenvalue weighted by Crippen LogP contribution is 2.24. The molecule has 1 atom stereocenters. The summed E-state index contributed by atoms with van der Waals surface area (Å²) in [5, 5.41) is 17.5. The van der Waals surface area contributed by atoms with Crippen LogP contribution >= 0.6 is 11.6 Å². The fourth-order valence-electron chi connectivity index (χ4n) is 2.53. The van der Waals surface area contributed by atoms with Crippen LogP contribution < -0.4 is 10.1 Å². The zero-order valence-corrected chi connectivity index (χ0v) is 15.8. The number of benzene rings is 2. The van der Waals surface area contributed by atoms with Crippen LogP contribution in [0.15, 0.2) is 54.6 Å². The number of halogens is 1. The molecule has 27 heavy (non-hydrogen) atoms. The van der Waals surface area contributed by atoms with Gasteiger partial charge in [0.15, 0.2) is 5.69 Å². The van der Waals surface area contributed by atoms with E-state index < -0.39 is 12.0 Å². The molecule has 1 aromatic heterocycles. The van der Waals surface area contributed by atoms with Gasteiger partial charge < -0.3 is 15.2 Å². The van der Waals surface area contributed by atoms with Crippen LogP contribution in [0, 0.1) is 6.92 Å². The van der Waals surface area contributed by atoms with E-state index in [1.54, 1.807) is 38.2 Å². The molecule has 0 spiro atoms. The highest BCUT2D eigenvalue weighted by atomic mass is 35.5. The number of carbonyl (C=O) groups excluding carboxylic acids is 1. The second-order valence-electron chi connectivity index (χ2n) is 6.09. The number of amides is 1. The molecule has 0 radical (unpaired) electrons. The Hall–Kier alpha value is -2.83. The van der Waals surface area contributed by atoms with Crippen LogP contribution in [0.4, 0.5) is 0 Å². The minimum absolute atomic E-state index is 0.0274. The molecule has 2 N–H and O–H groups in total. The molecule has 6 nitrogen and oxygen atoms in total. The van der Waals surface area contributed by atoms with Gasteiger partial charge in [0.2, 0.25) is 0 Å². The number of para-hydroxylation sites is 1. The number of aliphatic hydroxyl groups excluding tert-OH is 1. The number of aryl methyl sites for hydroxylation is 1. The number of aromatic nitrogens is 2. The molecule has 0 bridgehead atoms. The highest BCUT2D eigenvalue weighted by molar-refractivity contribution is 6.34. The monoisotopic (exact) mass is 385 g/mol. The molecular weight excluding hydrogens is 366 g/mol. The Morgan fingerprint density at radius 2 is 1.93 bits per heavy atom. The van der Waals surface area contributed by atoms with Crippen LogP contribution in [-0.4, -0.2) is 27.3 Å². The zero-order chi connectivity index (χ0) is 19.4. The Morgan fingerprint density at radius 1 is 1.22 bits per heavy atom. The van der Waals surface area contributed by atoms with Crippen molar-refractivity contribution >= 4 is 17.5 Å². The average molecular weight is 386 g/mol. The van der Waals surface area contributed by atoms with Crippen LogP contribution in [0.2, 0.25) is 5.02 Å². The zero-order valence-electron chi connectivity index (χ0n) is 15.0. The summed E-state index contributed by atoms with van der Waals surface area (Å²) >= 11 is 6.12. The van der Waals surface area contributed by atoms with Crippen molar-refractivity contribution in [1.82, 2.24) is 15.1 Å². The maximum atomic E-state index is 12.3. The third-order valence-electron chi connectivity index (χ3n) is 4.15. The first-order valence-electron chi connectivity index (χ1n) is 8.44. The normalized spacial score (nSPS) is 11.9. The lowest BCUT2D eigenvalue weighted by Gasteiger charge is -2.13. The summed E-state index contributed by atoms with van der Waals surface area (Å²) in [6.45, 7) is 1.80. The molecule has 0 aliphatic carbocycles. The van der Waals surface area contributed by atoms with Crippen molar-refractivity contribution in [2.75, 3.05) is 6.54 Å². The van der Waals surface area contributed by atoms with Crippen LogP contribution in [0.3, 0.4) is 0 Å². The van der Waals surface area contributed by atoms with Gasteiger partial charge in [-0.15, -0.1) is 0 Å². The molecule has 0 saturated carbocycles. The molecule has 2 aromatic carbocycles. The van der Waals surface area contributed by atoms with Gasteiger partial charge in [-0.2, -0.15) is 5.10 Å². The predicted octanol–water partition coefficient (Wildman–Crippen LogP) is 3.64. The van der Waals surface area contributed by atoms with Crippen molar-refractivity contribution in [3.05, 3.63) is 76.6 Å². The van der Waals surface area contributed by atoms with Crippen molar-refractivity contribution in [1.29, 1.82) is 0 Å². The van der Waals surface area contributed by atoms with Crippen LogP contribution in [0.1, 0.15) is 27.8 Å². The fourth-order valence-corrected chi connectivity index (χ4v) is 2.77. The second-order valence-corrected chi connectivity index (χ2v) is 6.46. The molecule has 3 rings (SSSR count). The SMILES string of the molecule is Cc1c(Cl)c(C(=O)NCC(O)c2cccc(Oc3ccccc3)c2)nn1C. The lowest BCUT2D eigenvalue weighted by Crippen LogP contribution is -2.29. The molecular formula is C20H20ClN3O3. The van der Waals surface area contributed by atoms with E-state index in [2.05, 4.69) is 10.4 Å². The van der Waals surface area contributed by atoms with Gasteiger partial charge in [0.05, 0.1) is 16.8 Å². The summed E-state index contributed by atoms with van der Waals surface area (Å²) in [7, 11) is 1.71. The highest BCUT2D eigenvalue weighted by Gasteiger charge is 2.19. The number of rotatable bonds is 6. The number of ether oxygens (including phenoxy) is 1. The Morgan fingerprint density at radius 3 is 2.59 bits per heavy atom.